The quantitative estimate of drug-likeness (QED) is 0.739. The van der Waals surface area contributed by atoms with Crippen molar-refractivity contribution >= 4 is 10.0 Å². The van der Waals surface area contributed by atoms with Gasteiger partial charge < -0.3 is 9.73 Å². The number of nitrogens with one attached hydrogen (secondary N) is 2. The molecular formula is C12H22N2O3S. The fraction of sp³-hybridized carbons (Fsp3) is 0.667. The minimum absolute atomic E-state index is 0.0844. The third-order valence-corrected chi connectivity index (χ3v) is 4.15. The predicted molar refractivity (Wildman–Crippen MR) is 72.1 cm³/mol. The van der Waals surface area contributed by atoms with E-state index >= 15 is 0 Å². The van der Waals surface area contributed by atoms with E-state index in [2.05, 4.69) is 10.0 Å². The van der Waals surface area contributed by atoms with E-state index in [0.717, 1.165) is 23.6 Å². The molecule has 18 heavy (non-hydrogen) atoms. The summed E-state index contributed by atoms with van der Waals surface area (Å²) in [6, 6.07) is 1.60. The van der Waals surface area contributed by atoms with Crippen molar-refractivity contribution in [1.82, 2.24) is 10.0 Å². The minimum Gasteiger partial charge on any atom is -0.466 e. The summed E-state index contributed by atoms with van der Waals surface area (Å²) >= 11 is 0. The van der Waals surface area contributed by atoms with Crippen molar-refractivity contribution in [3.8, 4) is 0 Å². The first-order chi connectivity index (χ1) is 8.35. The Morgan fingerprint density at radius 2 is 2.06 bits per heavy atom. The van der Waals surface area contributed by atoms with Gasteiger partial charge in [0, 0.05) is 18.2 Å². The largest absolute Gasteiger partial charge is 0.466 e. The lowest BCUT2D eigenvalue weighted by atomic mass is 10.1. The second-order valence-electron chi connectivity index (χ2n) is 4.38. The second-order valence-corrected chi connectivity index (χ2v) is 6.25. The van der Waals surface area contributed by atoms with E-state index in [4.69, 9.17) is 4.42 Å². The van der Waals surface area contributed by atoms with Crippen molar-refractivity contribution in [2.24, 2.45) is 0 Å². The zero-order chi connectivity index (χ0) is 13.8. The second kappa shape index (κ2) is 6.36. The van der Waals surface area contributed by atoms with Gasteiger partial charge in [-0.05, 0) is 33.4 Å². The molecule has 1 aromatic rings. The molecule has 0 aliphatic rings. The number of aryl methyl sites for hydroxylation is 2. The van der Waals surface area contributed by atoms with Crippen LogP contribution in [0.1, 0.15) is 37.0 Å². The van der Waals surface area contributed by atoms with Gasteiger partial charge in [0.2, 0.25) is 10.0 Å². The normalized spacial score (nSPS) is 13.8. The summed E-state index contributed by atoms with van der Waals surface area (Å²) in [5.41, 5.74) is 0.888. The standard InChI is InChI=1S/C12H22N2O3S/c1-5-13-6-7-18(15,16)14-10(3)12-8-9(2)17-11(12)4/h8,10,13-14H,5-7H2,1-4H3. The van der Waals surface area contributed by atoms with E-state index in [0.29, 0.717) is 6.54 Å². The molecule has 0 bridgehead atoms. The Morgan fingerprint density at radius 3 is 2.56 bits per heavy atom. The van der Waals surface area contributed by atoms with Crippen molar-refractivity contribution in [1.29, 1.82) is 0 Å². The van der Waals surface area contributed by atoms with E-state index in [1.54, 1.807) is 0 Å². The molecule has 0 spiro atoms. The minimum atomic E-state index is -3.26. The van der Waals surface area contributed by atoms with Crippen LogP contribution in [0.2, 0.25) is 0 Å². The Labute approximate surface area is 109 Å². The lowest BCUT2D eigenvalue weighted by Gasteiger charge is -2.13. The molecule has 1 aromatic heterocycles. The summed E-state index contributed by atoms with van der Waals surface area (Å²) in [6.45, 7) is 8.68. The van der Waals surface area contributed by atoms with E-state index < -0.39 is 10.0 Å². The number of hydrogen-bond acceptors (Lipinski definition) is 4. The van der Waals surface area contributed by atoms with Gasteiger partial charge in [-0.2, -0.15) is 0 Å². The molecule has 1 atom stereocenters. The fourth-order valence-corrected chi connectivity index (χ4v) is 3.05. The summed E-state index contributed by atoms with van der Waals surface area (Å²) in [6.07, 6.45) is 0. The number of hydrogen-bond donors (Lipinski definition) is 2. The van der Waals surface area contributed by atoms with Crippen LogP contribution in [-0.4, -0.2) is 27.3 Å². The molecule has 1 rings (SSSR count). The van der Waals surface area contributed by atoms with Crippen LogP contribution in [0.4, 0.5) is 0 Å². The molecule has 5 nitrogen and oxygen atoms in total. The molecule has 0 saturated carbocycles. The average molecular weight is 274 g/mol. The predicted octanol–water partition coefficient (Wildman–Crippen LogP) is 1.49. The van der Waals surface area contributed by atoms with Crippen molar-refractivity contribution < 1.29 is 12.8 Å². The Bertz CT molecular complexity index is 480. The maximum Gasteiger partial charge on any atom is 0.213 e. The fourth-order valence-electron chi connectivity index (χ4n) is 1.86. The van der Waals surface area contributed by atoms with Crippen LogP contribution >= 0.6 is 0 Å². The number of rotatable bonds is 7. The molecule has 104 valence electrons. The molecule has 0 aliphatic carbocycles. The molecule has 0 aromatic carbocycles. The summed E-state index contributed by atoms with van der Waals surface area (Å²) < 4.78 is 31.7. The molecule has 0 saturated heterocycles. The number of furan rings is 1. The molecular weight excluding hydrogens is 252 g/mol. The van der Waals surface area contributed by atoms with Crippen LogP contribution in [0, 0.1) is 13.8 Å². The van der Waals surface area contributed by atoms with Crippen molar-refractivity contribution in [3.63, 3.8) is 0 Å². The van der Waals surface area contributed by atoms with Gasteiger partial charge in [0.25, 0.3) is 0 Å². The first-order valence-corrected chi connectivity index (χ1v) is 7.78. The van der Waals surface area contributed by atoms with Gasteiger partial charge in [-0.25, -0.2) is 13.1 Å². The van der Waals surface area contributed by atoms with E-state index in [1.165, 1.54) is 0 Å². The number of sulfonamides is 1. The zero-order valence-electron chi connectivity index (χ0n) is 11.4. The lowest BCUT2D eigenvalue weighted by molar-refractivity contribution is 0.496. The Kier molecular flexibility index (Phi) is 5.37. The first-order valence-electron chi connectivity index (χ1n) is 6.13. The average Bonchev–Trinajstić information content (AvgIpc) is 2.57. The van der Waals surface area contributed by atoms with Crippen molar-refractivity contribution in [2.45, 2.75) is 33.7 Å². The summed E-state index contributed by atoms with van der Waals surface area (Å²) in [7, 11) is -3.26. The smallest absolute Gasteiger partial charge is 0.213 e. The van der Waals surface area contributed by atoms with Gasteiger partial charge in [-0.1, -0.05) is 6.92 Å². The van der Waals surface area contributed by atoms with E-state index in [9.17, 15) is 8.42 Å². The molecule has 6 heteroatoms. The van der Waals surface area contributed by atoms with Crippen LogP contribution in [0.15, 0.2) is 10.5 Å². The SMILES string of the molecule is CCNCCS(=O)(=O)NC(C)c1cc(C)oc1C. The summed E-state index contributed by atoms with van der Waals surface area (Å²) in [5, 5.41) is 3.00. The van der Waals surface area contributed by atoms with Gasteiger partial charge in [-0.15, -0.1) is 0 Å². The maximum atomic E-state index is 11.8. The van der Waals surface area contributed by atoms with Gasteiger partial charge in [0.15, 0.2) is 0 Å². The lowest BCUT2D eigenvalue weighted by Crippen LogP contribution is -2.33. The maximum absolute atomic E-state index is 11.8. The molecule has 0 aliphatic heterocycles. The van der Waals surface area contributed by atoms with Crippen LogP contribution in [0.5, 0.6) is 0 Å². The van der Waals surface area contributed by atoms with Crippen molar-refractivity contribution in [3.05, 3.63) is 23.2 Å². The highest BCUT2D eigenvalue weighted by Crippen LogP contribution is 2.21. The van der Waals surface area contributed by atoms with E-state index in [-0.39, 0.29) is 11.8 Å². The molecule has 0 amide bonds. The Morgan fingerprint density at radius 1 is 1.39 bits per heavy atom. The molecule has 1 heterocycles. The Hall–Kier alpha value is -0.850. The summed E-state index contributed by atoms with van der Waals surface area (Å²) in [5.74, 6) is 1.64. The van der Waals surface area contributed by atoms with Crippen LogP contribution in [0.25, 0.3) is 0 Å². The topological polar surface area (TPSA) is 71.3 Å². The van der Waals surface area contributed by atoms with Crippen LogP contribution < -0.4 is 10.0 Å². The van der Waals surface area contributed by atoms with Gasteiger partial charge in [-0.3, -0.25) is 0 Å². The zero-order valence-corrected chi connectivity index (χ0v) is 12.2. The molecule has 2 N–H and O–H groups in total. The van der Waals surface area contributed by atoms with Crippen LogP contribution in [-0.2, 0) is 10.0 Å². The molecule has 0 radical (unpaired) electrons. The van der Waals surface area contributed by atoms with Gasteiger partial charge in [0.05, 0.1) is 5.75 Å². The molecule has 1 unspecified atom stereocenters. The third kappa shape index (κ3) is 4.44. The monoisotopic (exact) mass is 274 g/mol. The first kappa shape index (κ1) is 15.2. The van der Waals surface area contributed by atoms with Gasteiger partial charge >= 0.3 is 0 Å². The van der Waals surface area contributed by atoms with Crippen molar-refractivity contribution in [2.75, 3.05) is 18.8 Å². The highest BCUT2D eigenvalue weighted by atomic mass is 32.2. The van der Waals surface area contributed by atoms with E-state index in [1.807, 2.05) is 33.8 Å². The molecule has 0 fully saturated rings. The van der Waals surface area contributed by atoms with Crippen LogP contribution in [0.3, 0.4) is 0 Å². The Balaban J connectivity index is 2.64. The summed E-state index contributed by atoms with van der Waals surface area (Å²) in [4.78, 5) is 0. The highest BCUT2D eigenvalue weighted by Gasteiger charge is 2.18. The third-order valence-electron chi connectivity index (χ3n) is 2.70. The van der Waals surface area contributed by atoms with Gasteiger partial charge in [0.1, 0.15) is 11.5 Å². The highest BCUT2D eigenvalue weighted by molar-refractivity contribution is 7.89.